The fourth-order valence-corrected chi connectivity index (χ4v) is 4.32. The van der Waals surface area contributed by atoms with Gasteiger partial charge in [0, 0.05) is 56.6 Å². The van der Waals surface area contributed by atoms with Gasteiger partial charge in [0.25, 0.3) is 0 Å². The van der Waals surface area contributed by atoms with Crippen LogP contribution in [0.1, 0.15) is 39.2 Å². The molecule has 0 amide bonds. The average Bonchev–Trinajstić information content (AvgIpc) is 2.67. The van der Waals surface area contributed by atoms with Crippen LogP contribution in [-0.4, -0.2) is 78.2 Å². The summed E-state index contributed by atoms with van der Waals surface area (Å²) in [6.45, 7) is 12.3. The molecule has 29 heavy (non-hydrogen) atoms. The molecule has 7 heteroatoms. The van der Waals surface area contributed by atoms with Gasteiger partial charge in [0.2, 0.25) is 0 Å². The van der Waals surface area contributed by atoms with Gasteiger partial charge in [0.05, 0.1) is 6.54 Å². The number of hydrogen-bond acceptors (Lipinski definition) is 6. The van der Waals surface area contributed by atoms with Crippen LogP contribution >= 0.6 is 12.2 Å². The highest BCUT2D eigenvalue weighted by atomic mass is 32.1. The monoisotopic (exact) mass is 418 g/mol. The summed E-state index contributed by atoms with van der Waals surface area (Å²) >= 11 is 5.03. The average molecular weight is 419 g/mol. The van der Waals surface area contributed by atoms with Gasteiger partial charge in [-0.25, -0.2) is 0 Å². The zero-order valence-electron chi connectivity index (χ0n) is 17.9. The summed E-state index contributed by atoms with van der Waals surface area (Å²) in [5.41, 5.74) is 7.43. The molecule has 3 rings (SSSR count). The van der Waals surface area contributed by atoms with E-state index < -0.39 is 5.60 Å². The molecule has 0 aromatic heterocycles. The van der Waals surface area contributed by atoms with Gasteiger partial charge in [-0.1, -0.05) is 12.2 Å². The van der Waals surface area contributed by atoms with Crippen LogP contribution in [0.2, 0.25) is 0 Å². The van der Waals surface area contributed by atoms with Crippen LogP contribution in [0, 0.1) is 0 Å². The second-order valence-electron chi connectivity index (χ2n) is 9.03. The summed E-state index contributed by atoms with van der Waals surface area (Å²) in [5.74, 6) is -0.119. The molecule has 2 fully saturated rings. The van der Waals surface area contributed by atoms with E-state index in [1.807, 2.05) is 32.9 Å². The fourth-order valence-electron chi connectivity index (χ4n) is 4.18. The number of anilines is 1. The maximum atomic E-state index is 12.0. The lowest BCUT2D eigenvalue weighted by atomic mass is 10.0. The first-order valence-corrected chi connectivity index (χ1v) is 11.0. The van der Waals surface area contributed by atoms with Crippen molar-refractivity contribution in [3.63, 3.8) is 0 Å². The van der Waals surface area contributed by atoms with E-state index in [0.29, 0.717) is 17.6 Å². The van der Waals surface area contributed by atoms with Gasteiger partial charge >= 0.3 is 5.97 Å². The topological polar surface area (TPSA) is 62.0 Å². The Bertz CT molecular complexity index is 701. The Morgan fingerprint density at radius 1 is 1.07 bits per heavy atom. The molecule has 6 nitrogen and oxygen atoms in total. The molecule has 1 aromatic rings. The van der Waals surface area contributed by atoms with Crippen molar-refractivity contribution in [3.05, 3.63) is 29.8 Å². The highest BCUT2D eigenvalue weighted by molar-refractivity contribution is 7.80. The van der Waals surface area contributed by atoms with Crippen molar-refractivity contribution >= 4 is 28.9 Å². The number of benzene rings is 1. The minimum absolute atomic E-state index is 0.119. The first-order chi connectivity index (χ1) is 13.7. The van der Waals surface area contributed by atoms with Crippen molar-refractivity contribution in [2.24, 2.45) is 5.73 Å². The van der Waals surface area contributed by atoms with Gasteiger partial charge in [-0.2, -0.15) is 0 Å². The van der Waals surface area contributed by atoms with Gasteiger partial charge in [0.15, 0.2) is 0 Å². The van der Waals surface area contributed by atoms with Crippen molar-refractivity contribution < 1.29 is 9.53 Å². The van der Waals surface area contributed by atoms with Crippen LogP contribution in [0.3, 0.4) is 0 Å². The molecule has 0 bridgehead atoms. The van der Waals surface area contributed by atoms with Gasteiger partial charge in [-0.3, -0.25) is 14.6 Å². The van der Waals surface area contributed by atoms with E-state index >= 15 is 0 Å². The van der Waals surface area contributed by atoms with Gasteiger partial charge in [0.1, 0.15) is 10.6 Å². The van der Waals surface area contributed by atoms with Crippen molar-refractivity contribution in [1.82, 2.24) is 9.80 Å². The van der Waals surface area contributed by atoms with Crippen LogP contribution < -0.4 is 10.6 Å². The molecule has 0 aliphatic carbocycles. The van der Waals surface area contributed by atoms with Crippen LogP contribution in [0.25, 0.3) is 0 Å². The summed E-state index contributed by atoms with van der Waals surface area (Å²) in [6, 6.07) is 8.84. The second kappa shape index (κ2) is 9.41. The number of esters is 1. The van der Waals surface area contributed by atoms with Crippen LogP contribution in [-0.2, 0) is 9.53 Å². The fraction of sp³-hybridized carbons (Fsp3) is 0.636. The Morgan fingerprint density at radius 3 is 2.17 bits per heavy atom. The Kier molecular flexibility index (Phi) is 7.14. The molecule has 0 saturated carbocycles. The number of likely N-dealkylation sites (tertiary alicyclic amines) is 1. The van der Waals surface area contributed by atoms with E-state index in [1.165, 1.54) is 5.69 Å². The predicted octanol–water partition coefficient (Wildman–Crippen LogP) is 2.25. The molecule has 0 spiro atoms. The van der Waals surface area contributed by atoms with Gasteiger partial charge < -0.3 is 15.4 Å². The SMILES string of the molecule is CC(C)(C)OC(=O)CN1CCC(N2CCN(c3ccc(C(N)=S)cc3)CC2)CC1. The molecule has 0 atom stereocenters. The number of hydrogen-bond donors (Lipinski definition) is 1. The maximum Gasteiger partial charge on any atom is 0.320 e. The third-order valence-corrected chi connectivity index (χ3v) is 5.91. The summed E-state index contributed by atoms with van der Waals surface area (Å²) in [6.07, 6.45) is 2.23. The molecule has 2 N–H and O–H groups in total. The molecule has 160 valence electrons. The Hall–Kier alpha value is -1.70. The molecule has 0 unspecified atom stereocenters. The van der Waals surface area contributed by atoms with E-state index in [4.69, 9.17) is 22.7 Å². The zero-order chi connectivity index (χ0) is 21.0. The number of thiocarbonyl (C=S) groups is 1. The molecule has 0 radical (unpaired) electrons. The Labute approximate surface area is 180 Å². The van der Waals surface area contributed by atoms with Gasteiger partial charge in [-0.05, 0) is 57.9 Å². The van der Waals surface area contributed by atoms with Crippen molar-refractivity contribution in [2.75, 3.05) is 50.7 Å². The summed E-state index contributed by atoms with van der Waals surface area (Å²) in [4.78, 5) is 19.8. The Balaban J connectivity index is 1.42. The number of ether oxygens (including phenoxy) is 1. The van der Waals surface area contributed by atoms with Crippen molar-refractivity contribution in [1.29, 1.82) is 0 Å². The quantitative estimate of drug-likeness (QED) is 0.581. The van der Waals surface area contributed by atoms with E-state index in [0.717, 1.165) is 57.7 Å². The smallest absolute Gasteiger partial charge is 0.320 e. The number of carbonyl (C=O) groups excluding carboxylic acids is 1. The number of piperazine rings is 1. The van der Waals surface area contributed by atoms with Crippen molar-refractivity contribution in [2.45, 2.75) is 45.3 Å². The zero-order valence-corrected chi connectivity index (χ0v) is 18.7. The summed E-state index contributed by atoms with van der Waals surface area (Å²) in [7, 11) is 0. The number of rotatable bonds is 5. The third-order valence-electron chi connectivity index (χ3n) is 5.68. The molecule has 2 aliphatic heterocycles. The first kappa shape index (κ1) is 22.0. The minimum atomic E-state index is -0.411. The van der Waals surface area contributed by atoms with E-state index in [9.17, 15) is 4.79 Å². The molecular weight excluding hydrogens is 384 g/mol. The third kappa shape index (κ3) is 6.39. The Morgan fingerprint density at radius 2 is 1.66 bits per heavy atom. The van der Waals surface area contributed by atoms with Crippen molar-refractivity contribution in [3.8, 4) is 0 Å². The summed E-state index contributed by atoms with van der Waals surface area (Å²) in [5, 5.41) is 0. The standard InChI is InChI=1S/C22H34N4O2S/c1-22(2,3)28-20(27)16-24-10-8-19(9-11-24)26-14-12-25(13-15-26)18-6-4-17(5-7-18)21(23)29/h4-7,19H,8-16H2,1-3H3,(H2,23,29). The lowest BCUT2D eigenvalue weighted by Crippen LogP contribution is -2.53. The molecular formula is C22H34N4O2S. The van der Waals surface area contributed by atoms with Crippen LogP contribution in [0.5, 0.6) is 0 Å². The largest absolute Gasteiger partial charge is 0.459 e. The highest BCUT2D eigenvalue weighted by Crippen LogP contribution is 2.22. The second-order valence-corrected chi connectivity index (χ2v) is 9.47. The van der Waals surface area contributed by atoms with E-state index in [1.54, 1.807) is 0 Å². The first-order valence-electron chi connectivity index (χ1n) is 10.5. The molecule has 2 saturated heterocycles. The lowest BCUT2D eigenvalue weighted by molar-refractivity contribution is -0.156. The lowest BCUT2D eigenvalue weighted by Gasteiger charge is -2.43. The van der Waals surface area contributed by atoms with Gasteiger partial charge in [-0.15, -0.1) is 0 Å². The normalized spacial score (nSPS) is 19.9. The number of nitrogens with zero attached hydrogens (tertiary/aromatic N) is 3. The molecule has 1 aromatic carbocycles. The minimum Gasteiger partial charge on any atom is -0.459 e. The molecule has 2 aliphatic rings. The van der Waals surface area contributed by atoms with Crippen LogP contribution in [0.4, 0.5) is 5.69 Å². The molecule has 2 heterocycles. The van der Waals surface area contributed by atoms with E-state index in [-0.39, 0.29) is 5.97 Å². The maximum absolute atomic E-state index is 12.0. The number of carbonyl (C=O) groups is 1. The highest BCUT2D eigenvalue weighted by Gasteiger charge is 2.29. The number of piperidine rings is 1. The summed E-state index contributed by atoms with van der Waals surface area (Å²) < 4.78 is 5.45. The van der Waals surface area contributed by atoms with Crippen LogP contribution in [0.15, 0.2) is 24.3 Å². The number of nitrogens with two attached hydrogens (primary N) is 1. The predicted molar refractivity (Wildman–Crippen MR) is 121 cm³/mol. The van der Waals surface area contributed by atoms with E-state index in [2.05, 4.69) is 26.8 Å².